The van der Waals surface area contributed by atoms with Gasteiger partial charge in [-0.2, -0.15) is 0 Å². The first-order valence-corrected chi connectivity index (χ1v) is 5.46. The number of hydrogen-bond donors (Lipinski definition) is 1. The summed E-state index contributed by atoms with van der Waals surface area (Å²) in [7, 11) is 0. The molecule has 1 aliphatic rings. The van der Waals surface area contributed by atoms with Gasteiger partial charge in [0.15, 0.2) is 11.0 Å². The molecule has 1 aliphatic heterocycles. The Morgan fingerprint density at radius 1 is 1.56 bits per heavy atom. The molecule has 0 radical (unpaired) electrons. The molecule has 0 amide bonds. The molecule has 1 aromatic heterocycles. The largest absolute Gasteiger partial charge is 0.481 e. The van der Waals surface area contributed by atoms with Crippen molar-refractivity contribution >= 4 is 23.4 Å². The van der Waals surface area contributed by atoms with Crippen molar-refractivity contribution < 1.29 is 9.90 Å². The summed E-state index contributed by atoms with van der Waals surface area (Å²) in [4.78, 5) is 12.9. The summed E-state index contributed by atoms with van der Waals surface area (Å²) in [6.45, 7) is 2.58. The van der Waals surface area contributed by atoms with Gasteiger partial charge in [0.25, 0.3) is 0 Å². The zero-order valence-electron chi connectivity index (χ0n) is 8.80. The molecule has 2 atom stereocenters. The van der Waals surface area contributed by atoms with Crippen LogP contribution in [0.1, 0.15) is 13.3 Å². The Morgan fingerprint density at radius 3 is 2.81 bits per heavy atom. The quantitative estimate of drug-likeness (QED) is 0.849. The Kier molecular flexibility index (Phi) is 2.96. The molecule has 86 valence electrons. The van der Waals surface area contributed by atoms with Crippen LogP contribution in [0.15, 0.2) is 12.1 Å². The lowest BCUT2D eigenvalue weighted by molar-refractivity contribution is -0.141. The standard InChI is InChI=1S/C10H12ClN3O2/c1-6-7(10(15)16)4-5-14(6)9-3-2-8(11)12-13-9/h2-3,6-7H,4-5H2,1H3,(H,15,16). The second kappa shape index (κ2) is 4.25. The van der Waals surface area contributed by atoms with Gasteiger partial charge in [-0.3, -0.25) is 4.79 Å². The molecule has 6 heteroatoms. The number of carbonyl (C=O) groups is 1. The average molecular weight is 242 g/mol. The highest BCUT2D eigenvalue weighted by molar-refractivity contribution is 6.29. The lowest BCUT2D eigenvalue weighted by atomic mass is 10.0. The highest BCUT2D eigenvalue weighted by Crippen LogP contribution is 2.28. The summed E-state index contributed by atoms with van der Waals surface area (Å²) in [5.74, 6) is -0.407. The van der Waals surface area contributed by atoms with E-state index in [-0.39, 0.29) is 12.0 Å². The van der Waals surface area contributed by atoms with Crippen LogP contribution in [0.2, 0.25) is 5.15 Å². The van der Waals surface area contributed by atoms with Gasteiger partial charge in [0.1, 0.15) is 0 Å². The van der Waals surface area contributed by atoms with Crippen molar-refractivity contribution in [2.75, 3.05) is 11.4 Å². The fourth-order valence-electron chi connectivity index (χ4n) is 2.06. The number of carboxylic acids is 1. The maximum absolute atomic E-state index is 11.0. The second-order valence-corrected chi connectivity index (χ2v) is 4.27. The molecule has 2 unspecified atom stereocenters. The van der Waals surface area contributed by atoms with E-state index in [1.807, 2.05) is 11.8 Å². The van der Waals surface area contributed by atoms with Crippen LogP contribution >= 0.6 is 11.6 Å². The van der Waals surface area contributed by atoms with Crippen molar-refractivity contribution in [2.24, 2.45) is 5.92 Å². The van der Waals surface area contributed by atoms with Gasteiger partial charge >= 0.3 is 5.97 Å². The minimum absolute atomic E-state index is 0.0621. The molecule has 1 saturated heterocycles. The van der Waals surface area contributed by atoms with Gasteiger partial charge in [-0.1, -0.05) is 11.6 Å². The highest BCUT2D eigenvalue weighted by Gasteiger charge is 2.36. The van der Waals surface area contributed by atoms with Gasteiger partial charge in [-0.05, 0) is 25.5 Å². The maximum atomic E-state index is 11.0. The minimum Gasteiger partial charge on any atom is -0.481 e. The Hall–Kier alpha value is -1.36. The first kappa shape index (κ1) is 11.1. The van der Waals surface area contributed by atoms with Gasteiger partial charge < -0.3 is 10.0 Å². The van der Waals surface area contributed by atoms with Crippen molar-refractivity contribution in [3.05, 3.63) is 17.3 Å². The Bertz CT molecular complexity index is 396. The minimum atomic E-state index is -0.753. The van der Waals surface area contributed by atoms with Crippen LogP contribution in [0.3, 0.4) is 0 Å². The van der Waals surface area contributed by atoms with Gasteiger partial charge in [-0.25, -0.2) is 0 Å². The summed E-state index contributed by atoms with van der Waals surface area (Å²) < 4.78 is 0. The molecule has 0 aliphatic carbocycles. The number of aliphatic carboxylic acids is 1. The number of nitrogens with zero attached hydrogens (tertiary/aromatic N) is 3. The molecule has 0 spiro atoms. The summed E-state index contributed by atoms with van der Waals surface area (Å²) in [6.07, 6.45) is 0.640. The predicted molar refractivity (Wildman–Crippen MR) is 59.6 cm³/mol. The van der Waals surface area contributed by atoms with E-state index in [0.29, 0.717) is 23.9 Å². The predicted octanol–water partition coefficient (Wildman–Crippen LogP) is 1.43. The lowest BCUT2D eigenvalue weighted by Crippen LogP contribution is -2.33. The van der Waals surface area contributed by atoms with Gasteiger partial charge in [0.05, 0.1) is 5.92 Å². The smallest absolute Gasteiger partial charge is 0.308 e. The summed E-state index contributed by atoms with van der Waals surface area (Å²) in [5.41, 5.74) is 0. The van der Waals surface area contributed by atoms with Gasteiger partial charge in [-0.15, -0.1) is 10.2 Å². The van der Waals surface area contributed by atoms with E-state index in [2.05, 4.69) is 10.2 Å². The summed E-state index contributed by atoms with van der Waals surface area (Å²) in [6, 6.07) is 3.36. The molecule has 1 aromatic rings. The Balaban J connectivity index is 2.18. The maximum Gasteiger partial charge on any atom is 0.308 e. The first-order valence-electron chi connectivity index (χ1n) is 5.08. The molecule has 1 N–H and O–H groups in total. The van der Waals surface area contributed by atoms with Gasteiger partial charge in [0.2, 0.25) is 0 Å². The van der Waals surface area contributed by atoms with Crippen LogP contribution in [0.4, 0.5) is 5.82 Å². The van der Waals surface area contributed by atoms with Crippen molar-refractivity contribution in [3.63, 3.8) is 0 Å². The van der Waals surface area contributed by atoms with Crippen LogP contribution < -0.4 is 4.90 Å². The third-order valence-electron chi connectivity index (χ3n) is 2.98. The third kappa shape index (κ3) is 1.95. The van der Waals surface area contributed by atoms with Crippen molar-refractivity contribution in [1.82, 2.24) is 10.2 Å². The van der Waals surface area contributed by atoms with Crippen molar-refractivity contribution in [3.8, 4) is 0 Å². The molecule has 0 saturated carbocycles. The molecule has 5 nitrogen and oxygen atoms in total. The van der Waals surface area contributed by atoms with Crippen molar-refractivity contribution in [1.29, 1.82) is 0 Å². The SMILES string of the molecule is CC1C(C(=O)O)CCN1c1ccc(Cl)nn1. The van der Waals surface area contributed by atoms with E-state index in [1.165, 1.54) is 0 Å². The zero-order chi connectivity index (χ0) is 11.7. The number of rotatable bonds is 2. The Morgan fingerprint density at radius 2 is 2.31 bits per heavy atom. The zero-order valence-corrected chi connectivity index (χ0v) is 9.55. The van der Waals surface area contributed by atoms with E-state index in [4.69, 9.17) is 16.7 Å². The van der Waals surface area contributed by atoms with Crippen LogP contribution in [0.25, 0.3) is 0 Å². The fourth-order valence-corrected chi connectivity index (χ4v) is 2.16. The summed E-state index contributed by atoms with van der Waals surface area (Å²) >= 11 is 5.65. The lowest BCUT2D eigenvalue weighted by Gasteiger charge is -2.23. The molecule has 0 aromatic carbocycles. The van der Waals surface area contributed by atoms with E-state index in [0.717, 1.165) is 0 Å². The number of anilines is 1. The molecule has 1 fully saturated rings. The summed E-state index contributed by atoms with van der Waals surface area (Å²) in [5, 5.41) is 17.1. The molecular weight excluding hydrogens is 230 g/mol. The monoisotopic (exact) mass is 241 g/mol. The average Bonchev–Trinajstić information content (AvgIpc) is 2.61. The number of halogens is 1. The second-order valence-electron chi connectivity index (χ2n) is 3.88. The fraction of sp³-hybridized carbons (Fsp3) is 0.500. The molecular formula is C10H12ClN3O2. The highest BCUT2D eigenvalue weighted by atomic mass is 35.5. The van der Waals surface area contributed by atoms with E-state index in [9.17, 15) is 4.79 Å². The molecule has 2 heterocycles. The first-order chi connectivity index (χ1) is 7.59. The Labute approximate surface area is 98.0 Å². The molecule has 0 bridgehead atoms. The number of hydrogen-bond acceptors (Lipinski definition) is 4. The van der Waals surface area contributed by atoms with E-state index < -0.39 is 5.97 Å². The number of aromatic nitrogens is 2. The topological polar surface area (TPSA) is 66.3 Å². The molecule has 16 heavy (non-hydrogen) atoms. The van der Waals surface area contributed by atoms with Crippen molar-refractivity contribution in [2.45, 2.75) is 19.4 Å². The van der Waals surface area contributed by atoms with Crippen LogP contribution in [-0.4, -0.2) is 33.9 Å². The molecule has 2 rings (SSSR count). The third-order valence-corrected chi connectivity index (χ3v) is 3.19. The van der Waals surface area contributed by atoms with Crippen LogP contribution in [0.5, 0.6) is 0 Å². The van der Waals surface area contributed by atoms with Crippen LogP contribution in [-0.2, 0) is 4.79 Å². The van der Waals surface area contributed by atoms with Crippen LogP contribution in [0, 0.1) is 5.92 Å². The van der Waals surface area contributed by atoms with E-state index in [1.54, 1.807) is 12.1 Å². The van der Waals surface area contributed by atoms with E-state index >= 15 is 0 Å². The normalized spacial score (nSPS) is 24.8. The van der Waals surface area contributed by atoms with Gasteiger partial charge in [0, 0.05) is 12.6 Å². The number of carboxylic acid groups (broad SMARTS) is 1.